The molecule has 1 heterocycles. The number of anilines is 2. The van der Waals surface area contributed by atoms with E-state index in [-0.39, 0.29) is 5.56 Å². The molecule has 1 aromatic carbocycles. The Morgan fingerprint density at radius 3 is 2.53 bits per heavy atom. The number of aromatic nitrogens is 1. The Kier molecular flexibility index (Phi) is 3.97. The van der Waals surface area contributed by atoms with E-state index in [0.29, 0.717) is 12.4 Å². The Hall–Kier alpha value is -2.56. The van der Waals surface area contributed by atoms with Gasteiger partial charge in [0, 0.05) is 11.9 Å². The number of pyridine rings is 1. The van der Waals surface area contributed by atoms with Crippen molar-refractivity contribution in [2.75, 3.05) is 11.9 Å². The second-order valence-electron chi connectivity index (χ2n) is 3.82. The first kappa shape index (κ1) is 12.9. The molecule has 0 bridgehead atoms. The van der Waals surface area contributed by atoms with Gasteiger partial charge in [0.15, 0.2) is 0 Å². The summed E-state index contributed by atoms with van der Waals surface area (Å²) in [5.41, 5.74) is 1.02. The van der Waals surface area contributed by atoms with Crippen LogP contribution in [0.1, 0.15) is 17.3 Å². The number of ether oxygens (including phenoxy) is 1. The minimum Gasteiger partial charge on any atom is -0.494 e. The topological polar surface area (TPSA) is 71.5 Å². The summed E-state index contributed by atoms with van der Waals surface area (Å²) in [6.07, 6.45) is 1.32. The van der Waals surface area contributed by atoms with Crippen molar-refractivity contribution in [3.63, 3.8) is 0 Å². The lowest BCUT2D eigenvalue weighted by Crippen LogP contribution is -1.99. The molecule has 0 fully saturated rings. The Labute approximate surface area is 110 Å². The molecule has 2 N–H and O–H groups in total. The van der Waals surface area contributed by atoms with Crippen molar-refractivity contribution >= 4 is 17.5 Å². The molecule has 0 saturated carbocycles. The Bertz CT molecular complexity index is 550. The highest BCUT2D eigenvalue weighted by Gasteiger charge is 2.03. The van der Waals surface area contributed by atoms with Gasteiger partial charge in [0.1, 0.15) is 11.6 Å². The average Bonchev–Trinajstić information content (AvgIpc) is 2.42. The van der Waals surface area contributed by atoms with Crippen molar-refractivity contribution in [3.8, 4) is 5.75 Å². The monoisotopic (exact) mass is 258 g/mol. The van der Waals surface area contributed by atoms with E-state index in [9.17, 15) is 4.79 Å². The number of hydrogen-bond donors (Lipinski definition) is 2. The molecule has 0 amide bonds. The number of benzene rings is 1. The maximum atomic E-state index is 10.7. The van der Waals surface area contributed by atoms with Crippen LogP contribution in [0.5, 0.6) is 5.75 Å². The van der Waals surface area contributed by atoms with Crippen molar-refractivity contribution in [2.45, 2.75) is 6.92 Å². The van der Waals surface area contributed by atoms with E-state index in [0.717, 1.165) is 11.4 Å². The molecule has 5 nitrogen and oxygen atoms in total. The number of nitrogens with zero attached hydrogens (tertiary/aromatic N) is 1. The van der Waals surface area contributed by atoms with Crippen LogP contribution < -0.4 is 10.1 Å². The molecule has 0 aliphatic rings. The van der Waals surface area contributed by atoms with Crippen molar-refractivity contribution in [1.29, 1.82) is 0 Å². The second-order valence-corrected chi connectivity index (χ2v) is 3.82. The molecule has 2 rings (SSSR count). The third kappa shape index (κ3) is 3.45. The van der Waals surface area contributed by atoms with Crippen LogP contribution in [0.4, 0.5) is 11.5 Å². The van der Waals surface area contributed by atoms with Gasteiger partial charge in [-0.05, 0) is 43.3 Å². The van der Waals surface area contributed by atoms with Crippen molar-refractivity contribution in [1.82, 2.24) is 4.98 Å². The number of carbonyl (C=O) groups is 1. The quantitative estimate of drug-likeness (QED) is 0.862. The van der Waals surface area contributed by atoms with Gasteiger partial charge in [-0.3, -0.25) is 0 Å². The largest absolute Gasteiger partial charge is 0.494 e. The average molecular weight is 258 g/mol. The summed E-state index contributed by atoms with van der Waals surface area (Å²) in [7, 11) is 0. The van der Waals surface area contributed by atoms with E-state index in [2.05, 4.69) is 10.3 Å². The molecule has 5 heteroatoms. The van der Waals surface area contributed by atoms with Crippen molar-refractivity contribution in [2.24, 2.45) is 0 Å². The summed E-state index contributed by atoms with van der Waals surface area (Å²) in [4.78, 5) is 14.7. The molecule has 0 aliphatic carbocycles. The molecule has 0 atom stereocenters. The van der Waals surface area contributed by atoms with E-state index in [4.69, 9.17) is 9.84 Å². The van der Waals surface area contributed by atoms with E-state index in [1.807, 2.05) is 31.2 Å². The highest BCUT2D eigenvalue weighted by atomic mass is 16.5. The highest BCUT2D eigenvalue weighted by Crippen LogP contribution is 2.19. The number of rotatable bonds is 5. The molecular formula is C14H14N2O3. The van der Waals surface area contributed by atoms with Crippen molar-refractivity contribution < 1.29 is 14.6 Å². The lowest BCUT2D eigenvalue weighted by molar-refractivity contribution is 0.0696. The van der Waals surface area contributed by atoms with Gasteiger partial charge >= 0.3 is 5.97 Å². The summed E-state index contributed by atoms with van der Waals surface area (Å²) in [5.74, 6) is 0.413. The van der Waals surface area contributed by atoms with Crippen LogP contribution in [0, 0.1) is 0 Å². The molecular weight excluding hydrogens is 244 g/mol. The smallest absolute Gasteiger partial charge is 0.337 e. The zero-order valence-corrected chi connectivity index (χ0v) is 10.5. The third-order valence-corrected chi connectivity index (χ3v) is 2.45. The van der Waals surface area contributed by atoms with Gasteiger partial charge in [0.05, 0.1) is 12.2 Å². The summed E-state index contributed by atoms with van der Waals surface area (Å²) < 4.78 is 5.34. The fraction of sp³-hybridized carbons (Fsp3) is 0.143. The van der Waals surface area contributed by atoms with Gasteiger partial charge in [0.2, 0.25) is 0 Å². The Morgan fingerprint density at radius 1 is 1.26 bits per heavy atom. The molecule has 0 aliphatic heterocycles. The van der Waals surface area contributed by atoms with E-state index < -0.39 is 5.97 Å². The molecule has 19 heavy (non-hydrogen) atoms. The predicted molar refractivity (Wildman–Crippen MR) is 72.1 cm³/mol. The van der Waals surface area contributed by atoms with Crippen LogP contribution in [0.25, 0.3) is 0 Å². The first-order valence-electron chi connectivity index (χ1n) is 5.88. The Morgan fingerprint density at radius 2 is 2.00 bits per heavy atom. The fourth-order valence-electron chi connectivity index (χ4n) is 1.54. The van der Waals surface area contributed by atoms with Gasteiger partial charge in [-0.15, -0.1) is 0 Å². The van der Waals surface area contributed by atoms with Crippen LogP contribution in [-0.2, 0) is 0 Å². The number of carboxylic acid groups (broad SMARTS) is 1. The molecule has 0 radical (unpaired) electrons. The number of nitrogens with one attached hydrogen (secondary N) is 1. The molecule has 98 valence electrons. The highest BCUT2D eigenvalue weighted by molar-refractivity contribution is 5.87. The van der Waals surface area contributed by atoms with Gasteiger partial charge < -0.3 is 15.2 Å². The lowest BCUT2D eigenvalue weighted by Gasteiger charge is -2.07. The standard InChI is InChI=1S/C14H14N2O3/c1-2-19-12-6-4-11(5-7-12)16-13-8-3-10(9-15-13)14(17)18/h3-9H,2H2,1H3,(H,15,16)(H,17,18). The second kappa shape index (κ2) is 5.86. The number of carboxylic acids is 1. The first-order valence-corrected chi connectivity index (χ1v) is 5.88. The number of hydrogen-bond acceptors (Lipinski definition) is 4. The summed E-state index contributed by atoms with van der Waals surface area (Å²) in [5, 5.41) is 11.9. The van der Waals surface area contributed by atoms with Crippen LogP contribution in [0.2, 0.25) is 0 Å². The first-order chi connectivity index (χ1) is 9.19. The van der Waals surface area contributed by atoms with Crippen molar-refractivity contribution in [3.05, 3.63) is 48.2 Å². The molecule has 0 unspecified atom stereocenters. The number of aromatic carboxylic acids is 1. The maximum absolute atomic E-state index is 10.7. The SMILES string of the molecule is CCOc1ccc(Nc2ccc(C(=O)O)cn2)cc1. The zero-order valence-electron chi connectivity index (χ0n) is 10.5. The van der Waals surface area contributed by atoms with Crippen LogP contribution in [-0.4, -0.2) is 22.7 Å². The van der Waals surface area contributed by atoms with Gasteiger partial charge in [-0.1, -0.05) is 0 Å². The maximum Gasteiger partial charge on any atom is 0.337 e. The van der Waals surface area contributed by atoms with Crippen LogP contribution in [0.15, 0.2) is 42.6 Å². The molecule has 0 saturated heterocycles. The summed E-state index contributed by atoms with van der Waals surface area (Å²) in [6, 6.07) is 10.6. The normalized spacial score (nSPS) is 9.95. The van der Waals surface area contributed by atoms with E-state index >= 15 is 0 Å². The fourth-order valence-corrected chi connectivity index (χ4v) is 1.54. The predicted octanol–water partition coefficient (Wildman–Crippen LogP) is 2.92. The molecule has 2 aromatic rings. The van der Waals surface area contributed by atoms with E-state index in [1.54, 1.807) is 6.07 Å². The minimum atomic E-state index is -0.986. The lowest BCUT2D eigenvalue weighted by atomic mass is 10.2. The van der Waals surface area contributed by atoms with E-state index in [1.165, 1.54) is 12.3 Å². The van der Waals surface area contributed by atoms with Gasteiger partial charge in [0.25, 0.3) is 0 Å². The minimum absolute atomic E-state index is 0.164. The van der Waals surface area contributed by atoms with Gasteiger partial charge in [-0.2, -0.15) is 0 Å². The van der Waals surface area contributed by atoms with Crippen LogP contribution in [0.3, 0.4) is 0 Å². The molecule has 1 aromatic heterocycles. The summed E-state index contributed by atoms with van der Waals surface area (Å²) in [6.45, 7) is 2.56. The van der Waals surface area contributed by atoms with Crippen LogP contribution >= 0.6 is 0 Å². The zero-order chi connectivity index (χ0) is 13.7. The third-order valence-electron chi connectivity index (χ3n) is 2.45. The molecule has 0 spiro atoms. The Balaban J connectivity index is 2.06. The van der Waals surface area contributed by atoms with Gasteiger partial charge in [-0.25, -0.2) is 9.78 Å². The summed E-state index contributed by atoms with van der Waals surface area (Å²) >= 11 is 0.